The SMILES string of the molecule is C#CCn1cc(/C=C2\C(=O)NC(=O)N(c3cccc(Cl)c3C)C2=O)c2ccccc21. The van der Waals surface area contributed by atoms with Gasteiger partial charge in [-0.15, -0.1) is 6.42 Å². The number of hydrogen-bond acceptors (Lipinski definition) is 3. The van der Waals surface area contributed by atoms with Gasteiger partial charge in [-0.3, -0.25) is 14.9 Å². The number of amides is 4. The minimum Gasteiger partial charge on any atom is -0.335 e. The zero-order valence-corrected chi connectivity index (χ0v) is 16.7. The van der Waals surface area contributed by atoms with Crippen LogP contribution in [0.5, 0.6) is 0 Å². The van der Waals surface area contributed by atoms with Crippen molar-refractivity contribution < 1.29 is 14.4 Å². The van der Waals surface area contributed by atoms with Gasteiger partial charge in [0.15, 0.2) is 0 Å². The summed E-state index contributed by atoms with van der Waals surface area (Å²) in [6, 6.07) is 11.6. The summed E-state index contributed by atoms with van der Waals surface area (Å²) in [6.07, 6.45) is 8.71. The fourth-order valence-corrected chi connectivity index (χ4v) is 3.66. The Bertz CT molecular complexity index is 1300. The third kappa shape index (κ3) is 3.15. The normalized spacial score (nSPS) is 15.6. The number of rotatable bonds is 3. The lowest BCUT2D eigenvalue weighted by atomic mass is 10.1. The fourth-order valence-electron chi connectivity index (χ4n) is 3.49. The van der Waals surface area contributed by atoms with Crippen LogP contribution >= 0.6 is 11.6 Å². The molecule has 0 atom stereocenters. The highest BCUT2D eigenvalue weighted by atomic mass is 35.5. The smallest absolute Gasteiger partial charge is 0.335 e. The van der Waals surface area contributed by atoms with Crippen LogP contribution in [-0.4, -0.2) is 22.4 Å². The van der Waals surface area contributed by atoms with E-state index in [0.29, 0.717) is 28.4 Å². The Morgan fingerprint density at radius 2 is 1.90 bits per heavy atom. The van der Waals surface area contributed by atoms with E-state index in [0.717, 1.165) is 15.8 Å². The van der Waals surface area contributed by atoms with E-state index in [1.54, 1.807) is 31.3 Å². The minimum atomic E-state index is -0.817. The van der Waals surface area contributed by atoms with E-state index in [1.165, 1.54) is 6.08 Å². The van der Waals surface area contributed by atoms with E-state index in [2.05, 4.69) is 11.2 Å². The van der Waals surface area contributed by atoms with Crippen molar-refractivity contribution in [2.24, 2.45) is 0 Å². The zero-order valence-electron chi connectivity index (χ0n) is 16.0. The van der Waals surface area contributed by atoms with Gasteiger partial charge in [0.2, 0.25) is 0 Å². The second kappa shape index (κ2) is 7.54. The van der Waals surface area contributed by atoms with Gasteiger partial charge in [-0.1, -0.05) is 41.8 Å². The number of aromatic nitrogens is 1. The number of carbonyl (C=O) groups excluding carboxylic acids is 3. The first-order valence-electron chi connectivity index (χ1n) is 9.10. The number of hydrogen-bond donors (Lipinski definition) is 1. The quantitative estimate of drug-likeness (QED) is 0.399. The summed E-state index contributed by atoms with van der Waals surface area (Å²) in [6.45, 7) is 2.04. The van der Waals surface area contributed by atoms with Gasteiger partial charge in [-0.2, -0.15) is 0 Å². The fraction of sp³-hybridized carbons (Fsp3) is 0.0870. The number of halogens is 1. The van der Waals surface area contributed by atoms with Gasteiger partial charge in [0.25, 0.3) is 11.8 Å². The van der Waals surface area contributed by atoms with E-state index in [1.807, 2.05) is 28.8 Å². The molecule has 1 aliphatic heterocycles. The highest BCUT2D eigenvalue weighted by molar-refractivity contribution is 6.40. The number of benzene rings is 2. The Hall–Kier alpha value is -3.82. The number of urea groups is 1. The molecule has 0 radical (unpaired) electrons. The molecule has 0 bridgehead atoms. The maximum atomic E-state index is 13.2. The first kappa shape index (κ1) is 19.5. The summed E-state index contributed by atoms with van der Waals surface area (Å²) >= 11 is 6.15. The molecule has 7 heteroatoms. The second-order valence-electron chi connectivity index (χ2n) is 6.78. The van der Waals surface area contributed by atoms with Gasteiger partial charge in [0.1, 0.15) is 5.57 Å². The van der Waals surface area contributed by atoms with E-state index in [9.17, 15) is 14.4 Å². The molecule has 3 aromatic rings. The maximum absolute atomic E-state index is 13.2. The Labute approximate surface area is 177 Å². The van der Waals surface area contributed by atoms with Gasteiger partial charge in [-0.05, 0) is 36.8 Å². The number of para-hydroxylation sites is 1. The molecule has 4 amide bonds. The van der Waals surface area contributed by atoms with E-state index >= 15 is 0 Å². The predicted molar refractivity (Wildman–Crippen MR) is 116 cm³/mol. The molecule has 4 rings (SSSR count). The molecule has 0 spiro atoms. The van der Waals surface area contributed by atoms with Crippen molar-refractivity contribution in [1.29, 1.82) is 0 Å². The highest BCUT2D eigenvalue weighted by Crippen LogP contribution is 2.30. The lowest BCUT2D eigenvalue weighted by Gasteiger charge is -2.27. The van der Waals surface area contributed by atoms with E-state index in [-0.39, 0.29) is 5.57 Å². The molecule has 1 N–H and O–H groups in total. The number of carbonyl (C=O) groups is 3. The molecule has 1 aromatic heterocycles. The minimum absolute atomic E-state index is 0.155. The largest absolute Gasteiger partial charge is 0.335 e. The second-order valence-corrected chi connectivity index (χ2v) is 7.18. The van der Waals surface area contributed by atoms with Crippen molar-refractivity contribution in [3.8, 4) is 12.3 Å². The molecule has 6 nitrogen and oxygen atoms in total. The third-order valence-electron chi connectivity index (χ3n) is 4.96. The van der Waals surface area contributed by atoms with Crippen molar-refractivity contribution in [3.63, 3.8) is 0 Å². The monoisotopic (exact) mass is 417 g/mol. The molecule has 1 aliphatic rings. The maximum Gasteiger partial charge on any atom is 0.335 e. The summed E-state index contributed by atoms with van der Waals surface area (Å²) in [4.78, 5) is 39.1. The Morgan fingerprint density at radius 3 is 2.67 bits per heavy atom. The standard InChI is InChI=1S/C23H16ClN3O3/c1-3-11-26-13-15(16-7-4-5-9-20(16)26)12-17-21(28)25-23(30)27(22(17)29)19-10-6-8-18(24)14(19)2/h1,4-10,12-13H,11H2,2H3,(H,25,28,30)/b17-12+. The molecule has 2 heterocycles. The first-order valence-corrected chi connectivity index (χ1v) is 9.48. The summed E-state index contributed by atoms with van der Waals surface area (Å²) in [7, 11) is 0. The van der Waals surface area contributed by atoms with Crippen LogP contribution in [0.2, 0.25) is 5.02 Å². The lowest BCUT2D eigenvalue weighted by Crippen LogP contribution is -2.54. The number of imide groups is 2. The van der Waals surface area contributed by atoms with Gasteiger partial charge in [0.05, 0.1) is 12.2 Å². The number of nitrogens with zero attached hydrogens (tertiary/aromatic N) is 2. The number of fused-ring (bicyclic) bond motifs is 1. The molecule has 1 fully saturated rings. The molecule has 148 valence electrons. The molecule has 0 aliphatic carbocycles. The average Bonchev–Trinajstić information content (AvgIpc) is 3.06. The molecule has 2 aromatic carbocycles. The Kier molecular flexibility index (Phi) is 4.90. The third-order valence-corrected chi connectivity index (χ3v) is 5.37. The molecule has 0 saturated carbocycles. The molecular formula is C23H16ClN3O3. The van der Waals surface area contributed by atoms with E-state index < -0.39 is 17.8 Å². The molecule has 0 unspecified atom stereocenters. The van der Waals surface area contributed by atoms with Gasteiger partial charge in [0, 0.05) is 27.7 Å². The topological polar surface area (TPSA) is 71.4 Å². The van der Waals surface area contributed by atoms with Crippen LogP contribution in [0.4, 0.5) is 10.5 Å². The van der Waals surface area contributed by atoms with Crippen LogP contribution in [0.25, 0.3) is 17.0 Å². The van der Waals surface area contributed by atoms with Crippen LogP contribution < -0.4 is 10.2 Å². The molecule has 30 heavy (non-hydrogen) atoms. The van der Waals surface area contributed by atoms with Crippen LogP contribution in [0.15, 0.2) is 54.2 Å². The molecule has 1 saturated heterocycles. The number of anilines is 1. The summed E-state index contributed by atoms with van der Waals surface area (Å²) in [5.41, 5.74) is 2.25. The summed E-state index contributed by atoms with van der Waals surface area (Å²) < 4.78 is 1.86. The number of terminal acetylenes is 1. The van der Waals surface area contributed by atoms with Crippen LogP contribution in [0, 0.1) is 19.3 Å². The van der Waals surface area contributed by atoms with Crippen molar-refractivity contribution in [2.45, 2.75) is 13.5 Å². The number of barbiturate groups is 1. The average molecular weight is 418 g/mol. The van der Waals surface area contributed by atoms with Crippen molar-refractivity contribution in [1.82, 2.24) is 9.88 Å². The van der Waals surface area contributed by atoms with Crippen LogP contribution in [0.3, 0.4) is 0 Å². The Balaban J connectivity index is 1.84. The van der Waals surface area contributed by atoms with Gasteiger partial charge >= 0.3 is 6.03 Å². The van der Waals surface area contributed by atoms with Gasteiger partial charge in [-0.25, -0.2) is 9.69 Å². The zero-order chi connectivity index (χ0) is 21.4. The Morgan fingerprint density at radius 1 is 1.13 bits per heavy atom. The lowest BCUT2D eigenvalue weighted by molar-refractivity contribution is -0.122. The first-order chi connectivity index (χ1) is 14.4. The predicted octanol–water partition coefficient (Wildman–Crippen LogP) is 3.90. The van der Waals surface area contributed by atoms with Crippen molar-refractivity contribution >= 4 is 52.1 Å². The highest BCUT2D eigenvalue weighted by Gasteiger charge is 2.37. The number of nitrogens with one attached hydrogen (secondary N) is 1. The summed E-state index contributed by atoms with van der Waals surface area (Å²) in [5.74, 6) is 1.11. The van der Waals surface area contributed by atoms with Gasteiger partial charge < -0.3 is 4.57 Å². The van der Waals surface area contributed by atoms with Crippen molar-refractivity contribution in [3.05, 3.63) is 70.4 Å². The molecular weight excluding hydrogens is 402 g/mol. The van der Waals surface area contributed by atoms with Crippen LogP contribution in [-0.2, 0) is 16.1 Å². The van der Waals surface area contributed by atoms with Crippen molar-refractivity contribution in [2.75, 3.05) is 4.90 Å². The van der Waals surface area contributed by atoms with E-state index in [4.69, 9.17) is 18.0 Å². The summed E-state index contributed by atoms with van der Waals surface area (Å²) in [5, 5.41) is 3.48. The van der Waals surface area contributed by atoms with Crippen LogP contribution in [0.1, 0.15) is 11.1 Å².